The summed E-state index contributed by atoms with van der Waals surface area (Å²) in [4.78, 5) is 26.6. The number of urea groups is 1. The van der Waals surface area contributed by atoms with E-state index < -0.39 is 17.2 Å². The predicted molar refractivity (Wildman–Crippen MR) is 84.2 cm³/mol. The molecule has 2 aromatic rings. The molecule has 8 heteroatoms. The number of rotatable bonds is 5. The third kappa shape index (κ3) is 4.08. The second kappa shape index (κ2) is 7.08. The number of aromatic nitrogens is 3. The molecule has 1 heterocycles. The number of nitrogens with zero attached hydrogens (tertiary/aromatic N) is 2. The molecule has 22 heavy (non-hydrogen) atoms. The Morgan fingerprint density at radius 3 is 2.64 bits per heavy atom. The van der Waals surface area contributed by atoms with Crippen molar-refractivity contribution < 1.29 is 9.59 Å². The zero-order valence-corrected chi connectivity index (χ0v) is 13.1. The van der Waals surface area contributed by atoms with E-state index in [0.717, 1.165) is 23.7 Å². The van der Waals surface area contributed by atoms with E-state index in [4.69, 9.17) is 5.73 Å². The molecule has 0 spiro atoms. The van der Waals surface area contributed by atoms with Crippen molar-refractivity contribution in [1.29, 1.82) is 0 Å². The van der Waals surface area contributed by atoms with E-state index in [1.54, 1.807) is 6.92 Å². The van der Waals surface area contributed by atoms with Crippen molar-refractivity contribution >= 4 is 23.7 Å². The Morgan fingerprint density at radius 2 is 2.05 bits per heavy atom. The smallest absolute Gasteiger partial charge is 0.318 e. The first kappa shape index (κ1) is 16.0. The standard InChI is InChI=1S/C14H17N5O2S/c1-3-9-4-6-10(7-5-9)11-16-14(19-18-11)22-8(2)12(20)17-13(15)21/h4-8H,3H2,1-2H3,(H,16,18,19)(H3,15,17,20,21)/t8-/m0/s1. The molecule has 0 bridgehead atoms. The molecule has 116 valence electrons. The Morgan fingerprint density at radius 1 is 1.36 bits per heavy atom. The van der Waals surface area contributed by atoms with E-state index in [9.17, 15) is 9.59 Å². The number of aryl methyl sites for hydroxylation is 1. The average molecular weight is 319 g/mol. The maximum absolute atomic E-state index is 11.6. The van der Waals surface area contributed by atoms with Gasteiger partial charge in [-0.1, -0.05) is 43.0 Å². The Bertz CT molecular complexity index is 668. The van der Waals surface area contributed by atoms with Crippen molar-refractivity contribution in [2.45, 2.75) is 30.7 Å². The Kier molecular flexibility index (Phi) is 5.16. The lowest BCUT2D eigenvalue weighted by atomic mass is 10.1. The molecule has 4 N–H and O–H groups in total. The van der Waals surface area contributed by atoms with E-state index >= 15 is 0 Å². The van der Waals surface area contributed by atoms with Gasteiger partial charge in [-0.05, 0) is 18.9 Å². The van der Waals surface area contributed by atoms with Gasteiger partial charge in [0.25, 0.3) is 0 Å². The third-order valence-electron chi connectivity index (χ3n) is 3.00. The van der Waals surface area contributed by atoms with Gasteiger partial charge in [0.1, 0.15) is 0 Å². The number of aromatic amines is 1. The van der Waals surface area contributed by atoms with Crippen LogP contribution in [0.1, 0.15) is 19.4 Å². The van der Waals surface area contributed by atoms with E-state index in [0.29, 0.717) is 11.0 Å². The van der Waals surface area contributed by atoms with Gasteiger partial charge in [0.2, 0.25) is 11.1 Å². The summed E-state index contributed by atoms with van der Waals surface area (Å²) in [6.07, 6.45) is 0.976. The van der Waals surface area contributed by atoms with Crippen LogP contribution >= 0.6 is 11.8 Å². The number of amides is 3. The van der Waals surface area contributed by atoms with Gasteiger partial charge in [-0.15, -0.1) is 5.10 Å². The highest BCUT2D eigenvalue weighted by Crippen LogP contribution is 2.23. The van der Waals surface area contributed by atoms with Crippen molar-refractivity contribution in [2.24, 2.45) is 5.73 Å². The average Bonchev–Trinajstić information content (AvgIpc) is 2.95. The number of H-pyrrole nitrogens is 1. The molecule has 0 aliphatic carbocycles. The van der Waals surface area contributed by atoms with Crippen LogP contribution < -0.4 is 11.1 Å². The van der Waals surface area contributed by atoms with Crippen LogP contribution in [0.3, 0.4) is 0 Å². The van der Waals surface area contributed by atoms with Crippen molar-refractivity contribution in [3.8, 4) is 11.4 Å². The molecule has 0 aliphatic heterocycles. The fraction of sp³-hybridized carbons (Fsp3) is 0.286. The maximum Gasteiger partial charge on any atom is 0.318 e. The highest BCUT2D eigenvalue weighted by atomic mass is 32.2. The molecule has 1 atom stereocenters. The molecule has 2 rings (SSSR count). The number of nitrogens with two attached hydrogens (primary N) is 1. The van der Waals surface area contributed by atoms with Crippen LogP contribution in [0.25, 0.3) is 11.4 Å². The number of nitrogens with one attached hydrogen (secondary N) is 2. The van der Waals surface area contributed by atoms with Crippen LogP contribution in [0.2, 0.25) is 0 Å². The summed E-state index contributed by atoms with van der Waals surface area (Å²) in [5.74, 6) is 0.156. The van der Waals surface area contributed by atoms with Crippen LogP contribution in [0.4, 0.5) is 4.79 Å². The van der Waals surface area contributed by atoms with Crippen LogP contribution in [0.15, 0.2) is 29.4 Å². The maximum atomic E-state index is 11.6. The lowest BCUT2D eigenvalue weighted by molar-refractivity contribution is -0.119. The third-order valence-corrected chi connectivity index (χ3v) is 3.96. The molecule has 0 unspecified atom stereocenters. The van der Waals surface area contributed by atoms with Crippen molar-refractivity contribution in [1.82, 2.24) is 20.5 Å². The highest BCUT2D eigenvalue weighted by molar-refractivity contribution is 8.00. The molecule has 0 saturated carbocycles. The molecule has 0 radical (unpaired) electrons. The Hall–Kier alpha value is -2.35. The van der Waals surface area contributed by atoms with Gasteiger partial charge in [0, 0.05) is 5.56 Å². The van der Waals surface area contributed by atoms with Crippen molar-refractivity contribution in [2.75, 3.05) is 0 Å². The Labute approximate surface area is 132 Å². The SMILES string of the molecule is CCc1ccc(-c2nc(S[C@@H](C)C(=O)NC(N)=O)n[nH]2)cc1. The molecule has 1 aromatic carbocycles. The first-order valence-electron chi connectivity index (χ1n) is 6.78. The van der Waals surface area contributed by atoms with Gasteiger partial charge < -0.3 is 5.73 Å². The number of benzene rings is 1. The van der Waals surface area contributed by atoms with Gasteiger partial charge in [-0.2, -0.15) is 0 Å². The zero-order valence-electron chi connectivity index (χ0n) is 12.3. The summed E-state index contributed by atoms with van der Waals surface area (Å²) in [5, 5.41) is 8.84. The molecule has 7 nitrogen and oxygen atoms in total. The van der Waals surface area contributed by atoms with Crippen LogP contribution in [0, 0.1) is 0 Å². The summed E-state index contributed by atoms with van der Waals surface area (Å²) in [6.45, 7) is 3.74. The summed E-state index contributed by atoms with van der Waals surface area (Å²) >= 11 is 1.14. The topological polar surface area (TPSA) is 114 Å². The van der Waals surface area contributed by atoms with E-state index in [-0.39, 0.29) is 0 Å². The molecule has 3 amide bonds. The van der Waals surface area contributed by atoms with Gasteiger partial charge in [0.15, 0.2) is 5.82 Å². The normalized spacial score (nSPS) is 11.9. The highest BCUT2D eigenvalue weighted by Gasteiger charge is 2.18. The van der Waals surface area contributed by atoms with E-state index in [2.05, 4.69) is 22.1 Å². The second-order valence-corrected chi connectivity index (χ2v) is 5.94. The van der Waals surface area contributed by atoms with Crippen LogP contribution in [0.5, 0.6) is 0 Å². The summed E-state index contributed by atoms with van der Waals surface area (Å²) in [5.41, 5.74) is 7.08. The number of thioether (sulfide) groups is 1. The number of carbonyl (C=O) groups is 2. The predicted octanol–water partition coefficient (Wildman–Crippen LogP) is 1.71. The first-order chi connectivity index (χ1) is 10.5. The lowest BCUT2D eigenvalue weighted by Gasteiger charge is -2.06. The van der Waals surface area contributed by atoms with Gasteiger partial charge in [-0.3, -0.25) is 15.2 Å². The molecular formula is C14H17N5O2S. The van der Waals surface area contributed by atoms with Crippen molar-refractivity contribution in [3.63, 3.8) is 0 Å². The minimum atomic E-state index is -0.871. The molecule has 1 aromatic heterocycles. The van der Waals surface area contributed by atoms with Crippen LogP contribution in [-0.4, -0.2) is 32.4 Å². The Balaban J connectivity index is 2.04. The fourth-order valence-electron chi connectivity index (χ4n) is 1.76. The molecule has 0 fully saturated rings. The number of imide groups is 1. The van der Waals surface area contributed by atoms with Gasteiger partial charge in [0.05, 0.1) is 5.25 Å². The number of hydrogen-bond donors (Lipinski definition) is 3. The number of hydrogen-bond acceptors (Lipinski definition) is 5. The van der Waals surface area contributed by atoms with E-state index in [1.807, 2.05) is 29.6 Å². The van der Waals surface area contributed by atoms with E-state index in [1.165, 1.54) is 5.56 Å². The number of primary amides is 1. The molecule has 0 aliphatic rings. The lowest BCUT2D eigenvalue weighted by Crippen LogP contribution is -2.39. The van der Waals surface area contributed by atoms with Crippen LogP contribution in [-0.2, 0) is 11.2 Å². The fourth-order valence-corrected chi connectivity index (χ4v) is 2.49. The second-order valence-electron chi connectivity index (χ2n) is 4.63. The largest absolute Gasteiger partial charge is 0.351 e. The van der Waals surface area contributed by atoms with Crippen molar-refractivity contribution in [3.05, 3.63) is 29.8 Å². The minimum absolute atomic E-state index is 0.432. The first-order valence-corrected chi connectivity index (χ1v) is 7.66. The molecular weight excluding hydrogens is 302 g/mol. The molecule has 0 saturated heterocycles. The summed E-state index contributed by atoms with van der Waals surface area (Å²) < 4.78 is 0. The zero-order chi connectivity index (χ0) is 16.1. The monoisotopic (exact) mass is 319 g/mol. The number of carbonyl (C=O) groups excluding carboxylic acids is 2. The summed E-state index contributed by atoms with van der Waals surface area (Å²) in [7, 11) is 0. The van der Waals surface area contributed by atoms with Gasteiger partial charge in [-0.25, -0.2) is 9.78 Å². The van der Waals surface area contributed by atoms with Gasteiger partial charge >= 0.3 is 6.03 Å². The quantitative estimate of drug-likeness (QED) is 0.726. The minimum Gasteiger partial charge on any atom is -0.351 e. The summed E-state index contributed by atoms with van der Waals surface area (Å²) in [6, 6.07) is 7.14.